The van der Waals surface area contributed by atoms with Crippen LogP contribution in [-0.4, -0.2) is 9.97 Å². The first-order valence-electron chi connectivity index (χ1n) is 4.15. The summed E-state index contributed by atoms with van der Waals surface area (Å²) in [7, 11) is 0. The number of benzene rings is 1. The average Bonchev–Trinajstić information content (AvgIpc) is 2.55. The molecule has 1 heterocycles. The van der Waals surface area contributed by atoms with E-state index in [4.69, 9.17) is 5.73 Å². The highest BCUT2D eigenvalue weighted by Gasteiger charge is 2.06. The van der Waals surface area contributed by atoms with Gasteiger partial charge in [0.1, 0.15) is 11.3 Å². The van der Waals surface area contributed by atoms with Crippen LogP contribution in [0.3, 0.4) is 0 Å². The fourth-order valence-electron chi connectivity index (χ4n) is 1.28. The molecule has 0 aliphatic carbocycles. The van der Waals surface area contributed by atoms with Crippen LogP contribution >= 0.6 is 15.9 Å². The maximum absolute atomic E-state index is 5.74. The van der Waals surface area contributed by atoms with E-state index in [1.807, 2.05) is 12.1 Å². The van der Waals surface area contributed by atoms with Crippen LogP contribution in [0.2, 0.25) is 0 Å². The zero-order chi connectivity index (χ0) is 9.42. The van der Waals surface area contributed by atoms with Crippen molar-refractivity contribution >= 4 is 32.7 Å². The summed E-state index contributed by atoms with van der Waals surface area (Å²) in [6.45, 7) is 2.06. The molecule has 0 aliphatic rings. The monoisotopic (exact) mass is 239 g/mol. The van der Waals surface area contributed by atoms with E-state index in [9.17, 15) is 0 Å². The van der Waals surface area contributed by atoms with Crippen molar-refractivity contribution in [3.63, 3.8) is 0 Å². The highest BCUT2D eigenvalue weighted by Crippen LogP contribution is 2.27. The number of halogens is 1. The highest BCUT2D eigenvalue weighted by molar-refractivity contribution is 9.10. The average molecular weight is 240 g/mol. The maximum Gasteiger partial charge on any atom is 0.106 e. The second-order valence-corrected chi connectivity index (χ2v) is 3.69. The molecule has 3 N–H and O–H groups in total. The van der Waals surface area contributed by atoms with Crippen LogP contribution in [0, 0.1) is 0 Å². The lowest BCUT2D eigenvalue weighted by molar-refractivity contribution is 1.00. The number of hydrogen-bond donors (Lipinski definition) is 2. The topological polar surface area (TPSA) is 54.7 Å². The minimum absolute atomic E-state index is 0.724. The SMILES string of the molecule is CCc1nc2c(Br)c(N)ccc2[nH]1. The molecule has 13 heavy (non-hydrogen) atoms. The summed E-state index contributed by atoms with van der Waals surface area (Å²) in [5.74, 6) is 0.987. The third-order valence-electron chi connectivity index (χ3n) is 2.01. The Morgan fingerprint density at radius 3 is 3.00 bits per heavy atom. The number of fused-ring (bicyclic) bond motifs is 1. The normalized spacial score (nSPS) is 10.9. The van der Waals surface area contributed by atoms with Gasteiger partial charge in [-0.1, -0.05) is 6.92 Å². The van der Waals surface area contributed by atoms with Crippen molar-refractivity contribution in [3.8, 4) is 0 Å². The first kappa shape index (κ1) is 8.56. The zero-order valence-corrected chi connectivity index (χ0v) is 8.85. The van der Waals surface area contributed by atoms with Crippen LogP contribution in [0.4, 0.5) is 5.69 Å². The number of anilines is 1. The minimum atomic E-state index is 0.724. The fourth-order valence-corrected chi connectivity index (χ4v) is 1.71. The Morgan fingerprint density at radius 1 is 1.54 bits per heavy atom. The third kappa shape index (κ3) is 1.31. The van der Waals surface area contributed by atoms with Gasteiger partial charge in [0.05, 0.1) is 9.99 Å². The van der Waals surface area contributed by atoms with Gasteiger partial charge < -0.3 is 10.7 Å². The number of rotatable bonds is 1. The molecule has 2 aromatic rings. The van der Waals surface area contributed by atoms with Gasteiger partial charge in [-0.25, -0.2) is 4.98 Å². The van der Waals surface area contributed by atoms with Gasteiger partial charge in [-0.05, 0) is 28.1 Å². The fraction of sp³-hybridized carbons (Fsp3) is 0.222. The van der Waals surface area contributed by atoms with E-state index < -0.39 is 0 Å². The van der Waals surface area contributed by atoms with Gasteiger partial charge in [0.2, 0.25) is 0 Å². The first-order valence-corrected chi connectivity index (χ1v) is 4.94. The summed E-state index contributed by atoms with van der Waals surface area (Å²) in [4.78, 5) is 7.63. The molecule has 0 saturated carbocycles. The molecule has 68 valence electrons. The molecule has 1 aromatic carbocycles. The number of aromatic amines is 1. The van der Waals surface area contributed by atoms with Crippen molar-refractivity contribution in [1.82, 2.24) is 9.97 Å². The molecular formula is C9H10BrN3. The van der Waals surface area contributed by atoms with Crippen molar-refractivity contribution in [1.29, 1.82) is 0 Å². The molecular weight excluding hydrogens is 230 g/mol. The van der Waals surface area contributed by atoms with Gasteiger partial charge >= 0.3 is 0 Å². The lowest BCUT2D eigenvalue weighted by Gasteiger charge is -1.96. The zero-order valence-electron chi connectivity index (χ0n) is 7.26. The standard InChI is InChI=1S/C9H10BrN3/c1-2-7-12-6-4-3-5(11)8(10)9(6)13-7/h3-4H,2,11H2,1H3,(H,12,13). The number of nitrogens with zero attached hydrogens (tertiary/aromatic N) is 1. The van der Waals surface area contributed by atoms with E-state index in [-0.39, 0.29) is 0 Å². The van der Waals surface area contributed by atoms with Crippen LogP contribution < -0.4 is 5.73 Å². The molecule has 0 atom stereocenters. The second-order valence-electron chi connectivity index (χ2n) is 2.90. The van der Waals surface area contributed by atoms with E-state index in [0.717, 1.165) is 33.4 Å². The lowest BCUT2D eigenvalue weighted by atomic mass is 10.3. The Hall–Kier alpha value is -1.03. The van der Waals surface area contributed by atoms with E-state index in [0.29, 0.717) is 0 Å². The molecule has 0 unspecified atom stereocenters. The van der Waals surface area contributed by atoms with Gasteiger partial charge in [0.15, 0.2) is 0 Å². The van der Waals surface area contributed by atoms with Crippen LogP contribution in [0.1, 0.15) is 12.7 Å². The number of imidazole rings is 1. The second kappa shape index (κ2) is 3.03. The molecule has 0 amide bonds. The Bertz CT molecular complexity index is 447. The van der Waals surface area contributed by atoms with Crippen molar-refractivity contribution in [2.45, 2.75) is 13.3 Å². The summed E-state index contributed by atoms with van der Waals surface area (Å²) >= 11 is 3.42. The van der Waals surface area contributed by atoms with Crippen molar-refractivity contribution in [2.75, 3.05) is 5.73 Å². The molecule has 4 heteroatoms. The molecule has 0 fully saturated rings. The summed E-state index contributed by atoms with van der Waals surface area (Å²) in [6.07, 6.45) is 0.904. The Labute approximate surface area is 84.5 Å². The Balaban J connectivity index is 2.76. The predicted octanol–water partition coefficient (Wildman–Crippen LogP) is 2.47. The Morgan fingerprint density at radius 2 is 2.31 bits per heavy atom. The van der Waals surface area contributed by atoms with E-state index in [1.165, 1.54) is 0 Å². The van der Waals surface area contributed by atoms with Crippen molar-refractivity contribution in [3.05, 3.63) is 22.4 Å². The number of H-pyrrole nitrogens is 1. The smallest absolute Gasteiger partial charge is 0.106 e. The van der Waals surface area contributed by atoms with Gasteiger partial charge in [-0.15, -0.1) is 0 Å². The number of nitrogens with two attached hydrogens (primary N) is 1. The molecule has 0 saturated heterocycles. The highest BCUT2D eigenvalue weighted by atomic mass is 79.9. The molecule has 0 aliphatic heterocycles. The van der Waals surface area contributed by atoms with E-state index in [2.05, 4.69) is 32.8 Å². The minimum Gasteiger partial charge on any atom is -0.398 e. The quantitative estimate of drug-likeness (QED) is 0.752. The summed E-state index contributed by atoms with van der Waals surface area (Å²) in [5.41, 5.74) is 8.40. The summed E-state index contributed by atoms with van der Waals surface area (Å²) < 4.78 is 0.876. The van der Waals surface area contributed by atoms with E-state index in [1.54, 1.807) is 0 Å². The molecule has 0 spiro atoms. The largest absolute Gasteiger partial charge is 0.398 e. The summed E-state index contributed by atoms with van der Waals surface area (Å²) in [5, 5.41) is 0. The van der Waals surface area contributed by atoms with Gasteiger partial charge in [0, 0.05) is 12.1 Å². The van der Waals surface area contributed by atoms with Crippen molar-refractivity contribution < 1.29 is 0 Å². The van der Waals surface area contributed by atoms with Crippen LogP contribution in [0.25, 0.3) is 11.0 Å². The molecule has 2 rings (SSSR count). The molecule has 3 nitrogen and oxygen atoms in total. The Kier molecular flexibility index (Phi) is 2.00. The van der Waals surface area contributed by atoms with E-state index >= 15 is 0 Å². The number of nitrogen functional groups attached to an aromatic ring is 1. The molecule has 0 radical (unpaired) electrons. The third-order valence-corrected chi connectivity index (χ3v) is 2.84. The van der Waals surface area contributed by atoms with Gasteiger partial charge in [-0.2, -0.15) is 0 Å². The van der Waals surface area contributed by atoms with Crippen LogP contribution in [-0.2, 0) is 6.42 Å². The van der Waals surface area contributed by atoms with Gasteiger partial charge in [0.25, 0.3) is 0 Å². The molecule has 1 aromatic heterocycles. The van der Waals surface area contributed by atoms with Crippen LogP contribution in [0.5, 0.6) is 0 Å². The first-order chi connectivity index (χ1) is 6.22. The van der Waals surface area contributed by atoms with Crippen LogP contribution in [0.15, 0.2) is 16.6 Å². The molecule has 0 bridgehead atoms. The number of hydrogen-bond acceptors (Lipinski definition) is 2. The number of aryl methyl sites for hydroxylation is 1. The van der Waals surface area contributed by atoms with Gasteiger partial charge in [-0.3, -0.25) is 0 Å². The maximum atomic E-state index is 5.74. The summed E-state index contributed by atoms with van der Waals surface area (Å²) in [6, 6.07) is 3.81. The predicted molar refractivity (Wildman–Crippen MR) is 57.6 cm³/mol. The lowest BCUT2D eigenvalue weighted by Crippen LogP contribution is -1.86. The van der Waals surface area contributed by atoms with Crippen molar-refractivity contribution in [2.24, 2.45) is 0 Å². The number of aromatic nitrogens is 2. The number of nitrogens with one attached hydrogen (secondary N) is 1.